The van der Waals surface area contributed by atoms with Gasteiger partial charge < -0.3 is 15.2 Å². The molecule has 2 N–H and O–H groups in total. The maximum atomic E-state index is 6.33. The monoisotopic (exact) mass is 303 g/mol. The second kappa shape index (κ2) is 5.77. The lowest BCUT2D eigenvalue weighted by Gasteiger charge is -2.17. The zero-order chi connectivity index (χ0) is 14.8. The van der Waals surface area contributed by atoms with Gasteiger partial charge in [-0.15, -0.1) is 0 Å². The summed E-state index contributed by atoms with van der Waals surface area (Å²) >= 11 is 6.33. The summed E-state index contributed by atoms with van der Waals surface area (Å²) < 4.78 is 1.93. The van der Waals surface area contributed by atoms with Crippen molar-refractivity contribution in [3.05, 3.63) is 47.5 Å². The van der Waals surface area contributed by atoms with E-state index in [2.05, 4.69) is 9.98 Å². The van der Waals surface area contributed by atoms with E-state index in [1.807, 2.05) is 40.9 Å². The van der Waals surface area contributed by atoms with Crippen LogP contribution in [-0.4, -0.2) is 33.5 Å². The zero-order valence-electron chi connectivity index (χ0n) is 11.9. The Morgan fingerprint density at radius 3 is 3.00 bits per heavy atom. The highest BCUT2D eigenvalue weighted by atomic mass is 35.5. The molecule has 3 rings (SSSR count). The van der Waals surface area contributed by atoms with E-state index in [0.717, 1.165) is 11.3 Å². The van der Waals surface area contributed by atoms with E-state index >= 15 is 0 Å². The molecule has 1 saturated carbocycles. The predicted octanol–water partition coefficient (Wildman–Crippen LogP) is 2.43. The minimum Gasteiger partial charge on any atom is -0.370 e. The van der Waals surface area contributed by atoms with Crippen molar-refractivity contribution in [2.24, 2.45) is 10.7 Å². The molecule has 2 aromatic rings. The molecule has 1 aromatic heterocycles. The van der Waals surface area contributed by atoms with Crippen molar-refractivity contribution in [1.29, 1.82) is 0 Å². The first-order valence-electron chi connectivity index (χ1n) is 6.95. The van der Waals surface area contributed by atoms with Crippen LogP contribution in [0.2, 0.25) is 5.02 Å². The second-order valence-electron chi connectivity index (χ2n) is 5.22. The SMILES string of the molecule is CN(C(N)=NCc1c(Cl)cccc1-n1ccnc1)C1CC1. The van der Waals surface area contributed by atoms with Crippen molar-refractivity contribution < 1.29 is 0 Å². The first kappa shape index (κ1) is 13.9. The number of hydrogen-bond donors (Lipinski definition) is 1. The number of benzene rings is 1. The van der Waals surface area contributed by atoms with Crippen molar-refractivity contribution in [3.8, 4) is 5.69 Å². The zero-order valence-corrected chi connectivity index (χ0v) is 12.7. The molecular weight excluding hydrogens is 286 g/mol. The van der Waals surface area contributed by atoms with Gasteiger partial charge in [0, 0.05) is 36.1 Å². The van der Waals surface area contributed by atoms with Crippen molar-refractivity contribution in [3.63, 3.8) is 0 Å². The van der Waals surface area contributed by atoms with Gasteiger partial charge in [0.15, 0.2) is 5.96 Å². The number of nitrogens with two attached hydrogens (primary N) is 1. The lowest BCUT2D eigenvalue weighted by atomic mass is 10.1. The van der Waals surface area contributed by atoms with Crippen molar-refractivity contribution in [1.82, 2.24) is 14.5 Å². The second-order valence-corrected chi connectivity index (χ2v) is 5.63. The van der Waals surface area contributed by atoms with Crippen molar-refractivity contribution in [2.45, 2.75) is 25.4 Å². The average Bonchev–Trinajstić information content (AvgIpc) is 3.19. The molecule has 0 aliphatic heterocycles. The lowest BCUT2D eigenvalue weighted by Crippen LogP contribution is -2.35. The van der Waals surface area contributed by atoms with E-state index in [4.69, 9.17) is 17.3 Å². The molecule has 0 amide bonds. The number of nitrogens with zero attached hydrogens (tertiary/aromatic N) is 4. The van der Waals surface area contributed by atoms with Crippen LogP contribution in [0, 0.1) is 0 Å². The van der Waals surface area contributed by atoms with Crippen LogP contribution < -0.4 is 5.73 Å². The van der Waals surface area contributed by atoms with Gasteiger partial charge in [0.25, 0.3) is 0 Å². The van der Waals surface area contributed by atoms with Gasteiger partial charge in [-0.25, -0.2) is 9.98 Å². The molecule has 21 heavy (non-hydrogen) atoms. The summed E-state index contributed by atoms with van der Waals surface area (Å²) in [7, 11) is 1.99. The van der Waals surface area contributed by atoms with E-state index in [9.17, 15) is 0 Å². The Morgan fingerprint density at radius 1 is 1.52 bits per heavy atom. The Balaban J connectivity index is 1.86. The first-order chi connectivity index (χ1) is 10.2. The van der Waals surface area contributed by atoms with Crippen LogP contribution in [0.1, 0.15) is 18.4 Å². The van der Waals surface area contributed by atoms with Crippen LogP contribution >= 0.6 is 11.6 Å². The summed E-state index contributed by atoms with van der Waals surface area (Å²) in [6.45, 7) is 0.454. The number of rotatable bonds is 4. The third-order valence-electron chi connectivity index (χ3n) is 3.73. The largest absolute Gasteiger partial charge is 0.370 e. The third-order valence-corrected chi connectivity index (χ3v) is 4.09. The minimum absolute atomic E-state index is 0.454. The van der Waals surface area contributed by atoms with E-state index in [1.54, 1.807) is 12.5 Å². The van der Waals surface area contributed by atoms with Gasteiger partial charge in [0.05, 0.1) is 18.6 Å². The molecule has 110 valence electrons. The van der Waals surface area contributed by atoms with Crippen LogP contribution in [-0.2, 0) is 6.54 Å². The fraction of sp³-hybridized carbons (Fsp3) is 0.333. The molecule has 1 fully saturated rings. The standard InChI is InChI=1S/C15H18ClN5/c1-20(11-5-6-11)15(17)19-9-12-13(16)3-2-4-14(12)21-8-7-18-10-21/h2-4,7-8,10-11H,5-6,9H2,1H3,(H2,17,19). The summed E-state index contributed by atoms with van der Waals surface area (Å²) in [4.78, 5) is 10.6. The van der Waals surface area contributed by atoms with E-state index in [0.29, 0.717) is 23.6 Å². The smallest absolute Gasteiger partial charge is 0.191 e. The normalized spacial score (nSPS) is 15.2. The topological polar surface area (TPSA) is 59.4 Å². The Morgan fingerprint density at radius 2 is 2.33 bits per heavy atom. The molecule has 1 aliphatic rings. The highest BCUT2D eigenvalue weighted by Gasteiger charge is 2.27. The van der Waals surface area contributed by atoms with Gasteiger partial charge in [0.1, 0.15) is 0 Å². The van der Waals surface area contributed by atoms with Crippen LogP contribution in [0.5, 0.6) is 0 Å². The first-order valence-corrected chi connectivity index (χ1v) is 7.33. The molecule has 1 heterocycles. The summed E-state index contributed by atoms with van der Waals surface area (Å²) in [5.74, 6) is 0.564. The number of aliphatic imine (C=N–C) groups is 1. The van der Waals surface area contributed by atoms with Crippen molar-refractivity contribution >= 4 is 17.6 Å². The molecule has 1 aliphatic carbocycles. The molecular formula is C15H18ClN5. The molecule has 0 radical (unpaired) electrons. The molecule has 0 spiro atoms. The summed E-state index contributed by atoms with van der Waals surface area (Å²) in [6.07, 6.45) is 7.76. The van der Waals surface area contributed by atoms with Crippen molar-refractivity contribution in [2.75, 3.05) is 7.05 Å². The summed E-state index contributed by atoms with van der Waals surface area (Å²) in [5, 5.41) is 0.687. The quantitative estimate of drug-likeness (QED) is 0.697. The molecule has 1 aromatic carbocycles. The number of hydrogen-bond acceptors (Lipinski definition) is 2. The van der Waals surface area contributed by atoms with Crippen LogP contribution in [0.4, 0.5) is 0 Å². The van der Waals surface area contributed by atoms with Crippen LogP contribution in [0.15, 0.2) is 41.9 Å². The number of imidazole rings is 1. The van der Waals surface area contributed by atoms with Crippen LogP contribution in [0.25, 0.3) is 5.69 Å². The van der Waals surface area contributed by atoms with Gasteiger partial charge in [-0.05, 0) is 25.0 Å². The molecule has 0 unspecified atom stereocenters. The lowest BCUT2D eigenvalue weighted by molar-refractivity contribution is 0.487. The number of halogens is 1. The van der Waals surface area contributed by atoms with E-state index in [1.165, 1.54) is 12.8 Å². The Bertz CT molecular complexity index is 646. The van der Waals surface area contributed by atoms with Gasteiger partial charge in [-0.2, -0.15) is 0 Å². The Kier molecular flexibility index (Phi) is 3.84. The Hall–Kier alpha value is -2.01. The fourth-order valence-electron chi connectivity index (χ4n) is 2.27. The van der Waals surface area contributed by atoms with Gasteiger partial charge in [0.2, 0.25) is 0 Å². The summed E-state index contributed by atoms with van der Waals surface area (Å²) in [5.41, 5.74) is 7.96. The number of aromatic nitrogens is 2. The number of guanidine groups is 1. The average molecular weight is 304 g/mol. The van der Waals surface area contributed by atoms with Gasteiger partial charge in [-0.3, -0.25) is 0 Å². The van der Waals surface area contributed by atoms with E-state index in [-0.39, 0.29) is 0 Å². The van der Waals surface area contributed by atoms with E-state index < -0.39 is 0 Å². The molecule has 6 heteroatoms. The minimum atomic E-state index is 0.454. The highest BCUT2D eigenvalue weighted by molar-refractivity contribution is 6.31. The Labute approximate surface area is 129 Å². The molecule has 0 saturated heterocycles. The predicted molar refractivity (Wildman–Crippen MR) is 84.7 cm³/mol. The maximum absolute atomic E-state index is 6.33. The molecule has 5 nitrogen and oxygen atoms in total. The maximum Gasteiger partial charge on any atom is 0.191 e. The molecule has 0 atom stereocenters. The van der Waals surface area contributed by atoms with Crippen LogP contribution in [0.3, 0.4) is 0 Å². The third kappa shape index (κ3) is 3.03. The fourth-order valence-corrected chi connectivity index (χ4v) is 2.50. The molecule has 0 bridgehead atoms. The highest BCUT2D eigenvalue weighted by Crippen LogP contribution is 2.26. The summed E-state index contributed by atoms with van der Waals surface area (Å²) in [6, 6.07) is 6.34. The van der Waals surface area contributed by atoms with Gasteiger partial charge >= 0.3 is 0 Å². The van der Waals surface area contributed by atoms with Gasteiger partial charge in [-0.1, -0.05) is 17.7 Å².